The van der Waals surface area contributed by atoms with Crippen molar-refractivity contribution in [3.05, 3.63) is 53.2 Å². The summed E-state index contributed by atoms with van der Waals surface area (Å²) in [6, 6.07) is 11.0. The van der Waals surface area contributed by atoms with E-state index in [2.05, 4.69) is 17.2 Å². The molecule has 1 aromatic carbocycles. The van der Waals surface area contributed by atoms with Crippen LogP contribution >= 0.6 is 11.6 Å². The van der Waals surface area contributed by atoms with Gasteiger partial charge in [0.1, 0.15) is 0 Å². The molecule has 6 heteroatoms. The first-order chi connectivity index (χ1) is 9.90. The van der Waals surface area contributed by atoms with Crippen molar-refractivity contribution in [2.75, 3.05) is 11.6 Å². The summed E-state index contributed by atoms with van der Waals surface area (Å²) in [7, 11) is -3.26. The van der Waals surface area contributed by atoms with Crippen LogP contribution in [0.1, 0.15) is 24.9 Å². The SMILES string of the molecule is CCC(Nc1ccc(S(C)(=O)=O)nc1)c1ccc(Cl)cc1. The van der Waals surface area contributed by atoms with Gasteiger partial charge in [0, 0.05) is 11.3 Å². The van der Waals surface area contributed by atoms with Crippen LogP contribution in [0.15, 0.2) is 47.6 Å². The Balaban J connectivity index is 2.17. The Morgan fingerprint density at radius 1 is 1.19 bits per heavy atom. The maximum Gasteiger partial charge on any atom is 0.192 e. The molecule has 0 saturated carbocycles. The number of benzene rings is 1. The number of sulfone groups is 1. The van der Waals surface area contributed by atoms with Crippen LogP contribution in [0.4, 0.5) is 5.69 Å². The molecule has 0 aliphatic rings. The van der Waals surface area contributed by atoms with Gasteiger partial charge in [-0.2, -0.15) is 0 Å². The smallest absolute Gasteiger partial charge is 0.192 e. The van der Waals surface area contributed by atoms with Gasteiger partial charge in [-0.15, -0.1) is 0 Å². The number of halogens is 1. The van der Waals surface area contributed by atoms with Crippen LogP contribution in [0.25, 0.3) is 0 Å². The van der Waals surface area contributed by atoms with Gasteiger partial charge >= 0.3 is 0 Å². The third-order valence-corrected chi connectivity index (χ3v) is 4.39. The van der Waals surface area contributed by atoms with Gasteiger partial charge in [0.05, 0.1) is 17.9 Å². The summed E-state index contributed by atoms with van der Waals surface area (Å²) in [6.45, 7) is 2.07. The lowest BCUT2D eigenvalue weighted by Gasteiger charge is -2.18. The number of nitrogens with zero attached hydrogens (tertiary/aromatic N) is 1. The highest BCUT2D eigenvalue weighted by Crippen LogP contribution is 2.24. The Labute approximate surface area is 130 Å². The molecule has 0 amide bonds. The number of pyridine rings is 1. The Hall–Kier alpha value is -1.59. The summed E-state index contributed by atoms with van der Waals surface area (Å²) in [5.41, 5.74) is 1.90. The minimum absolute atomic E-state index is 0.0765. The molecule has 0 bridgehead atoms. The number of rotatable bonds is 5. The van der Waals surface area contributed by atoms with Crippen molar-refractivity contribution < 1.29 is 8.42 Å². The largest absolute Gasteiger partial charge is 0.377 e. The predicted octanol–water partition coefficient (Wildman–Crippen LogP) is 3.70. The minimum Gasteiger partial charge on any atom is -0.377 e. The zero-order chi connectivity index (χ0) is 15.5. The van der Waals surface area contributed by atoms with Gasteiger partial charge in [-0.05, 0) is 36.2 Å². The van der Waals surface area contributed by atoms with Gasteiger partial charge in [-0.1, -0.05) is 30.7 Å². The molecule has 4 nitrogen and oxygen atoms in total. The molecular formula is C15H17ClN2O2S. The second-order valence-electron chi connectivity index (χ2n) is 4.81. The molecule has 0 radical (unpaired) electrons. The van der Waals surface area contributed by atoms with E-state index in [0.717, 1.165) is 23.9 Å². The number of hydrogen-bond acceptors (Lipinski definition) is 4. The number of hydrogen-bond donors (Lipinski definition) is 1. The van der Waals surface area contributed by atoms with Crippen LogP contribution in [-0.4, -0.2) is 19.7 Å². The first kappa shape index (κ1) is 15.8. The molecule has 0 saturated heterocycles. The first-order valence-corrected chi connectivity index (χ1v) is 8.85. The van der Waals surface area contributed by atoms with E-state index in [1.54, 1.807) is 6.07 Å². The van der Waals surface area contributed by atoms with Gasteiger partial charge in [-0.3, -0.25) is 0 Å². The topological polar surface area (TPSA) is 59.1 Å². The molecule has 2 rings (SSSR count). The summed E-state index contributed by atoms with van der Waals surface area (Å²) in [6.07, 6.45) is 3.56. The normalized spacial score (nSPS) is 12.9. The molecule has 0 fully saturated rings. The molecule has 0 aliphatic heterocycles. The number of anilines is 1. The van der Waals surface area contributed by atoms with Crippen molar-refractivity contribution in [1.82, 2.24) is 4.98 Å². The van der Waals surface area contributed by atoms with E-state index < -0.39 is 9.84 Å². The first-order valence-electron chi connectivity index (χ1n) is 6.58. The van der Waals surface area contributed by atoms with Crippen molar-refractivity contribution in [3.63, 3.8) is 0 Å². The highest BCUT2D eigenvalue weighted by Gasteiger charge is 2.11. The van der Waals surface area contributed by atoms with Gasteiger partial charge < -0.3 is 5.32 Å². The molecule has 1 N–H and O–H groups in total. The average molecular weight is 325 g/mol. The molecule has 1 aromatic heterocycles. The van der Waals surface area contributed by atoms with E-state index in [4.69, 9.17) is 11.6 Å². The van der Waals surface area contributed by atoms with Crippen LogP contribution in [0.3, 0.4) is 0 Å². The minimum atomic E-state index is -3.26. The lowest BCUT2D eigenvalue weighted by Crippen LogP contribution is -2.10. The molecule has 1 unspecified atom stereocenters. The van der Waals surface area contributed by atoms with Crippen LogP contribution in [0, 0.1) is 0 Å². The van der Waals surface area contributed by atoms with Crippen molar-refractivity contribution in [2.45, 2.75) is 24.4 Å². The van der Waals surface area contributed by atoms with E-state index in [9.17, 15) is 8.42 Å². The van der Waals surface area contributed by atoms with Gasteiger partial charge in [0.15, 0.2) is 14.9 Å². The molecule has 21 heavy (non-hydrogen) atoms. The molecule has 0 spiro atoms. The molecule has 2 aromatic rings. The second kappa shape index (κ2) is 6.45. The van der Waals surface area contributed by atoms with Crippen molar-refractivity contribution in [3.8, 4) is 0 Å². The Morgan fingerprint density at radius 2 is 1.86 bits per heavy atom. The third-order valence-electron chi connectivity index (χ3n) is 3.14. The molecule has 112 valence electrons. The average Bonchev–Trinajstić information content (AvgIpc) is 2.45. The lowest BCUT2D eigenvalue weighted by atomic mass is 10.0. The monoisotopic (exact) mass is 324 g/mol. The zero-order valence-electron chi connectivity index (χ0n) is 11.9. The second-order valence-corrected chi connectivity index (χ2v) is 7.21. The van der Waals surface area contributed by atoms with Gasteiger partial charge in [0.25, 0.3) is 0 Å². The molecular weight excluding hydrogens is 308 g/mol. The fourth-order valence-corrected chi connectivity index (χ4v) is 2.69. The molecule has 1 atom stereocenters. The highest BCUT2D eigenvalue weighted by molar-refractivity contribution is 7.90. The highest BCUT2D eigenvalue weighted by atomic mass is 35.5. The third kappa shape index (κ3) is 4.19. The van der Waals surface area contributed by atoms with E-state index in [0.29, 0.717) is 5.02 Å². The van der Waals surface area contributed by atoms with E-state index in [1.165, 1.54) is 12.3 Å². The summed E-state index contributed by atoms with van der Waals surface area (Å²) in [5.74, 6) is 0. The maximum atomic E-state index is 11.4. The fourth-order valence-electron chi connectivity index (χ4n) is 2.00. The Bertz CT molecular complexity index is 697. The van der Waals surface area contributed by atoms with Crippen LogP contribution in [0.2, 0.25) is 5.02 Å². The van der Waals surface area contributed by atoms with Crippen molar-refractivity contribution in [2.24, 2.45) is 0 Å². The standard InChI is InChI=1S/C15H17ClN2O2S/c1-3-14(11-4-6-12(16)7-5-11)18-13-8-9-15(17-10-13)21(2,19)20/h4-10,14,18H,3H2,1-2H3. The number of nitrogens with one attached hydrogen (secondary N) is 1. The van der Waals surface area contributed by atoms with Gasteiger partial charge in [-0.25, -0.2) is 13.4 Å². The number of aromatic nitrogens is 1. The fraction of sp³-hybridized carbons (Fsp3) is 0.267. The molecule has 0 aliphatic carbocycles. The van der Waals surface area contributed by atoms with E-state index >= 15 is 0 Å². The van der Waals surface area contributed by atoms with Crippen LogP contribution < -0.4 is 5.32 Å². The lowest BCUT2D eigenvalue weighted by molar-refractivity contribution is 0.598. The molecule has 1 heterocycles. The Morgan fingerprint density at radius 3 is 2.33 bits per heavy atom. The van der Waals surface area contributed by atoms with Crippen molar-refractivity contribution in [1.29, 1.82) is 0 Å². The van der Waals surface area contributed by atoms with Gasteiger partial charge in [0.2, 0.25) is 0 Å². The maximum absolute atomic E-state index is 11.4. The van der Waals surface area contributed by atoms with E-state index in [-0.39, 0.29) is 11.1 Å². The predicted molar refractivity (Wildman–Crippen MR) is 85.5 cm³/mol. The quantitative estimate of drug-likeness (QED) is 0.911. The Kier molecular flexibility index (Phi) is 4.85. The summed E-state index contributed by atoms with van der Waals surface area (Å²) < 4.78 is 22.8. The summed E-state index contributed by atoms with van der Waals surface area (Å²) in [5, 5.41) is 4.12. The van der Waals surface area contributed by atoms with Crippen LogP contribution in [0.5, 0.6) is 0 Å². The summed E-state index contributed by atoms with van der Waals surface area (Å²) in [4.78, 5) is 3.97. The van der Waals surface area contributed by atoms with E-state index in [1.807, 2.05) is 24.3 Å². The van der Waals surface area contributed by atoms with Crippen molar-refractivity contribution >= 4 is 27.1 Å². The zero-order valence-corrected chi connectivity index (χ0v) is 13.4. The van der Waals surface area contributed by atoms with Crippen LogP contribution in [-0.2, 0) is 9.84 Å². The summed E-state index contributed by atoms with van der Waals surface area (Å²) >= 11 is 5.89.